The summed E-state index contributed by atoms with van der Waals surface area (Å²) in [6, 6.07) is 28.4. The summed E-state index contributed by atoms with van der Waals surface area (Å²) in [5.74, 6) is 1.30. The van der Waals surface area contributed by atoms with Crippen molar-refractivity contribution in [1.82, 2.24) is 4.57 Å². The zero-order valence-electron chi connectivity index (χ0n) is 15.3. The van der Waals surface area contributed by atoms with Crippen LogP contribution in [0.25, 0.3) is 28.1 Å². The van der Waals surface area contributed by atoms with Gasteiger partial charge in [0.25, 0.3) is 5.82 Å². The number of benzene rings is 3. The minimum absolute atomic E-state index is 0.0727. The number of hydrogen-bond acceptors (Lipinski definition) is 0. The lowest BCUT2D eigenvalue weighted by Crippen LogP contribution is -2.58. The zero-order chi connectivity index (χ0) is 17.7. The Morgan fingerprint density at radius 2 is 1.58 bits per heavy atom. The van der Waals surface area contributed by atoms with Crippen molar-refractivity contribution in [3.63, 3.8) is 0 Å². The van der Waals surface area contributed by atoms with E-state index in [4.69, 9.17) is 0 Å². The first-order valence-corrected chi connectivity index (χ1v) is 9.42. The molecule has 2 heteroatoms. The molecule has 0 aliphatic carbocycles. The fourth-order valence-electron chi connectivity index (χ4n) is 4.46. The van der Waals surface area contributed by atoms with Crippen LogP contribution in [0.2, 0.25) is 0 Å². The highest BCUT2D eigenvalue weighted by molar-refractivity contribution is 5.80. The first-order chi connectivity index (χ1) is 12.7. The largest absolute Gasteiger partial charge is 0.295 e. The van der Waals surface area contributed by atoms with Crippen LogP contribution in [0.3, 0.4) is 0 Å². The molecule has 1 unspecified atom stereocenters. The molecule has 5 rings (SSSR count). The molecule has 2 heterocycles. The van der Waals surface area contributed by atoms with E-state index in [1.165, 1.54) is 33.7 Å². The van der Waals surface area contributed by atoms with E-state index in [1.807, 2.05) is 0 Å². The maximum Gasteiger partial charge on any atom is 0.295 e. The molecule has 0 fully saturated rings. The molecule has 0 radical (unpaired) electrons. The molecule has 0 saturated heterocycles. The first-order valence-electron chi connectivity index (χ1n) is 9.42. The van der Waals surface area contributed by atoms with Gasteiger partial charge >= 0.3 is 0 Å². The van der Waals surface area contributed by atoms with Crippen LogP contribution < -0.4 is 4.57 Å². The molecule has 1 aromatic heterocycles. The van der Waals surface area contributed by atoms with Crippen molar-refractivity contribution in [2.24, 2.45) is 0 Å². The van der Waals surface area contributed by atoms with Crippen LogP contribution in [0.4, 0.5) is 0 Å². The number of nitrogens with zero attached hydrogens (tertiary/aromatic N) is 2. The van der Waals surface area contributed by atoms with Gasteiger partial charge in [-0.25, -0.2) is 4.57 Å². The molecule has 26 heavy (non-hydrogen) atoms. The van der Waals surface area contributed by atoms with E-state index in [1.54, 1.807) is 0 Å². The van der Waals surface area contributed by atoms with Crippen LogP contribution in [-0.4, -0.2) is 4.57 Å². The van der Waals surface area contributed by atoms with Crippen LogP contribution >= 0.6 is 0 Å². The molecular formula is C24H23N2+. The van der Waals surface area contributed by atoms with E-state index in [0.29, 0.717) is 0 Å². The summed E-state index contributed by atoms with van der Waals surface area (Å²) < 4.78 is 5.01. The third-order valence-corrected chi connectivity index (χ3v) is 5.93. The maximum atomic E-state index is 2.58. The Labute approximate surface area is 154 Å². The van der Waals surface area contributed by atoms with Crippen LogP contribution in [0, 0.1) is 0 Å². The third kappa shape index (κ3) is 2.02. The Hall–Kier alpha value is -2.87. The molecule has 1 aliphatic rings. The van der Waals surface area contributed by atoms with Crippen molar-refractivity contribution in [1.29, 1.82) is 0 Å². The van der Waals surface area contributed by atoms with Gasteiger partial charge in [0.05, 0.1) is 5.56 Å². The topological polar surface area (TPSA) is 8.81 Å². The molecule has 4 aromatic rings. The Balaban J connectivity index is 2.00. The van der Waals surface area contributed by atoms with Gasteiger partial charge in [-0.05, 0) is 49.2 Å². The van der Waals surface area contributed by atoms with Crippen LogP contribution in [0.5, 0.6) is 0 Å². The molecule has 3 aromatic carbocycles. The number of rotatable bonds is 2. The van der Waals surface area contributed by atoms with Gasteiger partial charge in [-0.1, -0.05) is 55.5 Å². The van der Waals surface area contributed by atoms with Crippen molar-refractivity contribution >= 4 is 11.0 Å². The van der Waals surface area contributed by atoms with E-state index < -0.39 is 0 Å². The molecular weight excluding hydrogens is 316 g/mol. The van der Waals surface area contributed by atoms with Crippen LogP contribution in [0.1, 0.15) is 25.8 Å². The van der Waals surface area contributed by atoms with Crippen LogP contribution in [0.15, 0.2) is 78.9 Å². The molecule has 0 amide bonds. The van der Waals surface area contributed by atoms with Gasteiger partial charge < -0.3 is 0 Å². The lowest BCUT2D eigenvalue weighted by atomic mass is 9.84. The summed E-state index contributed by atoms with van der Waals surface area (Å²) in [6.45, 7) is 4.70. The number of fused-ring (bicyclic) bond motifs is 5. The Kier molecular flexibility index (Phi) is 3.30. The quantitative estimate of drug-likeness (QED) is 0.440. The van der Waals surface area contributed by atoms with Crippen molar-refractivity contribution in [2.45, 2.75) is 32.2 Å². The van der Waals surface area contributed by atoms with Gasteiger partial charge in [0.15, 0.2) is 11.0 Å². The van der Waals surface area contributed by atoms with Gasteiger partial charge in [-0.2, -0.15) is 4.57 Å². The second kappa shape index (κ2) is 5.57. The van der Waals surface area contributed by atoms with E-state index in [9.17, 15) is 0 Å². The van der Waals surface area contributed by atoms with Crippen LogP contribution in [-0.2, 0) is 12.0 Å². The molecule has 128 valence electrons. The zero-order valence-corrected chi connectivity index (χ0v) is 15.3. The molecule has 2 nitrogen and oxygen atoms in total. The lowest BCUT2D eigenvalue weighted by Gasteiger charge is -2.32. The fraction of sp³-hybridized carbons (Fsp3) is 0.208. The van der Waals surface area contributed by atoms with E-state index >= 15 is 0 Å². The van der Waals surface area contributed by atoms with Crippen molar-refractivity contribution in [3.05, 3.63) is 84.4 Å². The van der Waals surface area contributed by atoms with Crippen molar-refractivity contribution in [2.75, 3.05) is 0 Å². The Morgan fingerprint density at radius 1 is 0.885 bits per heavy atom. The van der Waals surface area contributed by atoms with Gasteiger partial charge in [0.1, 0.15) is 11.2 Å². The predicted octanol–water partition coefficient (Wildman–Crippen LogP) is 5.27. The van der Waals surface area contributed by atoms with E-state index in [0.717, 1.165) is 12.8 Å². The standard InChI is InChI=1S/C24H23N2/c1-3-24(2)17-18-11-7-8-14-20(18)23-25(19-12-5-4-6-13-19)21-15-9-10-16-22(21)26(23)24/h4-16H,3,17H2,1-2H3/q+1. The second-order valence-corrected chi connectivity index (χ2v) is 7.50. The summed E-state index contributed by atoms with van der Waals surface area (Å²) in [7, 11) is 0. The summed E-state index contributed by atoms with van der Waals surface area (Å²) in [6.07, 6.45) is 2.17. The summed E-state index contributed by atoms with van der Waals surface area (Å²) in [4.78, 5) is 0. The number of imidazole rings is 1. The summed E-state index contributed by atoms with van der Waals surface area (Å²) in [5, 5.41) is 0. The molecule has 0 saturated carbocycles. The van der Waals surface area contributed by atoms with E-state index in [2.05, 4.69) is 102 Å². The SMILES string of the molecule is CCC1(C)Cc2ccccc2-c2n(-c3ccccc3)c3ccccc3[n+]21. The fourth-order valence-corrected chi connectivity index (χ4v) is 4.46. The first kappa shape index (κ1) is 15.4. The normalized spacial score (nSPS) is 18.5. The molecule has 0 N–H and O–H groups in total. The van der Waals surface area contributed by atoms with Gasteiger partial charge in [0, 0.05) is 6.42 Å². The minimum atomic E-state index is 0.0727. The number of para-hydroxylation sites is 3. The Morgan fingerprint density at radius 3 is 2.38 bits per heavy atom. The number of hydrogen-bond donors (Lipinski definition) is 0. The second-order valence-electron chi connectivity index (χ2n) is 7.50. The van der Waals surface area contributed by atoms with Gasteiger partial charge in [-0.3, -0.25) is 0 Å². The number of aromatic nitrogens is 2. The molecule has 1 aliphatic heterocycles. The van der Waals surface area contributed by atoms with Crippen molar-refractivity contribution < 1.29 is 4.57 Å². The maximum absolute atomic E-state index is 2.58. The molecule has 0 spiro atoms. The van der Waals surface area contributed by atoms with Gasteiger partial charge in [0.2, 0.25) is 0 Å². The highest BCUT2D eigenvalue weighted by Gasteiger charge is 2.43. The van der Waals surface area contributed by atoms with E-state index in [-0.39, 0.29) is 5.54 Å². The monoisotopic (exact) mass is 339 g/mol. The molecule has 0 bridgehead atoms. The minimum Gasteiger partial charge on any atom is -0.217 e. The average Bonchev–Trinajstić information content (AvgIpc) is 3.05. The highest BCUT2D eigenvalue weighted by atomic mass is 15.2. The highest BCUT2D eigenvalue weighted by Crippen LogP contribution is 2.38. The lowest BCUT2D eigenvalue weighted by molar-refractivity contribution is -0.731. The summed E-state index contributed by atoms with van der Waals surface area (Å²) in [5.41, 5.74) is 6.65. The predicted molar refractivity (Wildman–Crippen MR) is 107 cm³/mol. The smallest absolute Gasteiger partial charge is 0.217 e. The Bertz CT molecular complexity index is 1110. The van der Waals surface area contributed by atoms with Crippen molar-refractivity contribution in [3.8, 4) is 17.1 Å². The summed E-state index contributed by atoms with van der Waals surface area (Å²) >= 11 is 0. The third-order valence-electron chi connectivity index (χ3n) is 5.93. The van der Waals surface area contributed by atoms with Gasteiger partial charge in [-0.15, -0.1) is 0 Å². The average molecular weight is 339 g/mol. The molecule has 1 atom stereocenters.